The minimum absolute atomic E-state index is 0.0355. The Balaban J connectivity index is 3.91. The lowest BCUT2D eigenvalue weighted by Gasteiger charge is -2.24. The lowest BCUT2D eigenvalue weighted by Crippen LogP contribution is -2.37. The maximum Gasteiger partial charge on any atom is 0.472 e. The Kier molecular flexibility index (Phi) is 66.7. The Bertz CT molecular complexity index is 1500. The molecule has 2 atom stereocenters. The van der Waals surface area contributed by atoms with E-state index in [0.29, 0.717) is 17.4 Å². The summed E-state index contributed by atoms with van der Waals surface area (Å²) in [7, 11) is 1.50. The van der Waals surface area contributed by atoms with Gasteiger partial charge < -0.3 is 18.9 Å². The molecule has 0 aliphatic carbocycles. The van der Waals surface area contributed by atoms with E-state index in [4.69, 9.17) is 18.5 Å². The zero-order valence-electron chi connectivity index (χ0n) is 58.3. The predicted molar refractivity (Wildman–Crippen MR) is 372 cm³/mol. The number of quaternary nitrogens is 1. The third-order valence-corrected chi connectivity index (χ3v) is 18.4. The Morgan fingerprint density at radius 3 is 0.860 bits per heavy atom. The average Bonchev–Trinajstić information content (AvgIpc) is 3.67. The molecule has 0 bridgehead atoms. The number of rotatable bonds is 72. The number of hydrogen-bond acceptors (Lipinski definition) is 7. The molecule has 0 aromatic carbocycles. The van der Waals surface area contributed by atoms with Crippen molar-refractivity contribution in [3.8, 4) is 0 Å². The smallest absolute Gasteiger partial charge is 0.462 e. The number of carbonyl (C=O) groups is 2. The van der Waals surface area contributed by atoms with Crippen molar-refractivity contribution in [2.24, 2.45) is 0 Å². The molecule has 0 amide bonds. The molecule has 86 heavy (non-hydrogen) atoms. The van der Waals surface area contributed by atoms with Crippen LogP contribution in [0.1, 0.15) is 399 Å². The van der Waals surface area contributed by atoms with Crippen molar-refractivity contribution < 1.29 is 42.1 Å². The summed E-state index contributed by atoms with van der Waals surface area (Å²) in [6.45, 7) is 4.51. The van der Waals surface area contributed by atoms with Gasteiger partial charge in [0, 0.05) is 12.8 Å². The minimum Gasteiger partial charge on any atom is -0.462 e. The molecular weight excluding hydrogens is 1090 g/mol. The topological polar surface area (TPSA) is 108 Å². The van der Waals surface area contributed by atoms with Crippen molar-refractivity contribution in [2.45, 2.75) is 405 Å². The monoisotopic (exact) mass is 1240 g/mol. The third-order valence-electron chi connectivity index (χ3n) is 17.5. The SMILES string of the molecule is CCCCCCCCCC/C=C\CCCCCCCCCCCCCCCCCCCCCCCCCCCC(=O)OC(COC(=O)CCCCCCCCCCCCCCC/C=C\CCCCCCCCCC)COP(=O)(O)OCC[N+](C)(C)C. The van der Waals surface area contributed by atoms with Gasteiger partial charge in [0.05, 0.1) is 27.7 Å². The molecule has 0 aliphatic rings. The Labute approximate surface area is 536 Å². The number of phosphoric acid groups is 1. The summed E-state index contributed by atoms with van der Waals surface area (Å²) in [5.41, 5.74) is 0. The van der Waals surface area contributed by atoms with Gasteiger partial charge in [-0.05, 0) is 64.2 Å². The highest BCUT2D eigenvalue weighted by Gasteiger charge is 2.27. The van der Waals surface area contributed by atoms with Crippen LogP contribution >= 0.6 is 7.82 Å². The summed E-state index contributed by atoms with van der Waals surface area (Å²) in [5.74, 6) is -0.773. The van der Waals surface area contributed by atoms with Crippen LogP contribution < -0.4 is 0 Å². The van der Waals surface area contributed by atoms with Gasteiger partial charge in [0.15, 0.2) is 6.10 Å². The first-order valence-electron chi connectivity index (χ1n) is 38.1. The van der Waals surface area contributed by atoms with E-state index in [1.54, 1.807) is 0 Å². The van der Waals surface area contributed by atoms with Gasteiger partial charge in [0.2, 0.25) is 0 Å². The summed E-state index contributed by atoms with van der Waals surface area (Å²) >= 11 is 0. The first-order chi connectivity index (χ1) is 42.0. The molecule has 0 saturated carbocycles. The lowest BCUT2D eigenvalue weighted by atomic mass is 10.0. The van der Waals surface area contributed by atoms with E-state index in [0.717, 1.165) is 38.5 Å². The molecular formula is C76H149NO8P+. The molecule has 0 rings (SSSR count). The number of esters is 2. The number of ether oxygens (including phenoxy) is 2. The van der Waals surface area contributed by atoms with Crippen molar-refractivity contribution in [2.75, 3.05) is 47.5 Å². The molecule has 2 unspecified atom stereocenters. The van der Waals surface area contributed by atoms with Gasteiger partial charge in [0.1, 0.15) is 19.8 Å². The molecule has 0 fully saturated rings. The summed E-state index contributed by atoms with van der Waals surface area (Å²) in [6.07, 6.45) is 86.0. The highest BCUT2D eigenvalue weighted by Crippen LogP contribution is 2.43. The molecule has 10 heteroatoms. The normalized spacial score (nSPS) is 13.1. The summed E-state index contributed by atoms with van der Waals surface area (Å²) < 4.78 is 34.8. The van der Waals surface area contributed by atoms with Crippen LogP contribution in [0.25, 0.3) is 0 Å². The first-order valence-corrected chi connectivity index (χ1v) is 39.6. The van der Waals surface area contributed by atoms with Crippen molar-refractivity contribution in [3.05, 3.63) is 24.3 Å². The van der Waals surface area contributed by atoms with E-state index in [1.807, 2.05) is 21.1 Å². The zero-order valence-corrected chi connectivity index (χ0v) is 59.2. The van der Waals surface area contributed by atoms with Gasteiger partial charge in [-0.3, -0.25) is 18.6 Å². The van der Waals surface area contributed by atoms with Gasteiger partial charge in [-0.2, -0.15) is 0 Å². The molecule has 0 aromatic heterocycles. The Hall–Kier alpha value is -1.51. The molecule has 0 aliphatic heterocycles. The second kappa shape index (κ2) is 67.9. The van der Waals surface area contributed by atoms with Gasteiger partial charge in [-0.1, -0.05) is 346 Å². The van der Waals surface area contributed by atoms with E-state index < -0.39 is 26.5 Å². The molecule has 0 saturated heterocycles. The standard InChI is InChI=1S/C76H148NO8P/c1-6-8-10-12-14-16-18-20-22-24-26-28-30-32-33-34-35-36-37-38-39-40-41-42-43-45-47-49-51-53-55-57-59-61-63-65-67-69-76(79)85-74(73-84-86(80,81)83-71-70-77(3,4)5)72-82-75(78)68-66-64-62-60-58-56-54-52-50-48-46-44-31-29-27-25-23-21-19-17-15-13-11-9-7-2/h24-27,74H,6-23,28-73H2,1-5H3/p+1/b26-24-,27-25-. The molecule has 510 valence electrons. The van der Waals surface area contributed by atoms with Crippen LogP contribution in [-0.2, 0) is 32.7 Å². The van der Waals surface area contributed by atoms with Crippen molar-refractivity contribution in [1.82, 2.24) is 0 Å². The number of unbranched alkanes of at least 4 members (excludes halogenated alkanes) is 54. The Morgan fingerprint density at radius 1 is 0.349 bits per heavy atom. The number of likely N-dealkylation sites (N-methyl/N-ethyl adjacent to an activating group) is 1. The van der Waals surface area contributed by atoms with E-state index in [2.05, 4.69) is 38.2 Å². The number of allylic oxidation sites excluding steroid dienone is 4. The lowest BCUT2D eigenvalue weighted by molar-refractivity contribution is -0.870. The van der Waals surface area contributed by atoms with Gasteiger partial charge in [-0.15, -0.1) is 0 Å². The van der Waals surface area contributed by atoms with Crippen LogP contribution in [0.4, 0.5) is 0 Å². The summed E-state index contributed by atoms with van der Waals surface area (Å²) in [4.78, 5) is 35.9. The van der Waals surface area contributed by atoms with Crippen LogP contribution in [0.15, 0.2) is 24.3 Å². The average molecular weight is 1240 g/mol. The fraction of sp³-hybridized carbons (Fsp3) is 0.921. The van der Waals surface area contributed by atoms with Crippen LogP contribution in [0.3, 0.4) is 0 Å². The molecule has 1 N–H and O–H groups in total. The van der Waals surface area contributed by atoms with E-state index in [9.17, 15) is 19.0 Å². The van der Waals surface area contributed by atoms with E-state index >= 15 is 0 Å². The molecule has 9 nitrogen and oxygen atoms in total. The number of hydrogen-bond donors (Lipinski definition) is 1. The molecule has 0 aromatic rings. The summed E-state index contributed by atoms with van der Waals surface area (Å²) in [5, 5.41) is 0. The Morgan fingerprint density at radius 2 is 0.593 bits per heavy atom. The van der Waals surface area contributed by atoms with E-state index in [1.165, 1.54) is 334 Å². The van der Waals surface area contributed by atoms with Gasteiger partial charge >= 0.3 is 19.8 Å². The second-order valence-corrected chi connectivity index (χ2v) is 28.8. The van der Waals surface area contributed by atoms with Crippen LogP contribution in [0, 0.1) is 0 Å². The first kappa shape index (κ1) is 84.5. The van der Waals surface area contributed by atoms with E-state index in [-0.39, 0.29) is 25.6 Å². The minimum atomic E-state index is -4.39. The van der Waals surface area contributed by atoms with Crippen LogP contribution in [-0.4, -0.2) is 74.9 Å². The molecule has 0 heterocycles. The fourth-order valence-corrected chi connectivity index (χ4v) is 12.3. The number of nitrogens with zero attached hydrogens (tertiary/aromatic N) is 1. The predicted octanol–water partition coefficient (Wildman–Crippen LogP) is 24.8. The largest absolute Gasteiger partial charge is 0.472 e. The third kappa shape index (κ3) is 71.6. The van der Waals surface area contributed by atoms with Crippen molar-refractivity contribution in [1.29, 1.82) is 0 Å². The highest BCUT2D eigenvalue weighted by atomic mass is 31.2. The van der Waals surface area contributed by atoms with Gasteiger partial charge in [-0.25, -0.2) is 4.57 Å². The molecule has 0 radical (unpaired) electrons. The fourth-order valence-electron chi connectivity index (χ4n) is 11.6. The van der Waals surface area contributed by atoms with Crippen molar-refractivity contribution >= 4 is 19.8 Å². The van der Waals surface area contributed by atoms with Crippen LogP contribution in [0.2, 0.25) is 0 Å². The van der Waals surface area contributed by atoms with Crippen molar-refractivity contribution in [3.63, 3.8) is 0 Å². The quantitative estimate of drug-likeness (QED) is 0.0211. The second-order valence-electron chi connectivity index (χ2n) is 27.4. The maximum absolute atomic E-state index is 12.9. The number of phosphoric ester groups is 1. The molecule has 0 spiro atoms. The van der Waals surface area contributed by atoms with Crippen LogP contribution in [0.5, 0.6) is 0 Å². The zero-order chi connectivity index (χ0) is 62.6. The maximum atomic E-state index is 12.9. The summed E-state index contributed by atoms with van der Waals surface area (Å²) in [6, 6.07) is 0. The van der Waals surface area contributed by atoms with Gasteiger partial charge in [0.25, 0.3) is 0 Å². The number of carbonyl (C=O) groups excluding carboxylic acids is 2. The highest BCUT2D eigenvalue weighted by molar-refractivity contribution is 7.47.